The number of carbonyl (C=O) groups excluding carboxylic acids is 1. The molecule has 108 valence electrons. The summed E-state index contributed by atoms with van der Waals surface area (Å²) < 4.78 is 39.8. The lowest BCUT2D eigenvalue weighted by molar-refractivity contribution is -0.231. The molecule has 0 fully saturated rings. The van der Waals surface area contributed by atoms with E-state index in [-0.39, 0.29) is 24.9 Å². The van der Waals surface area contributed by atoms with Crippen molar-refractivity contribution in [1.29, 1.82) is 0 Å². The van der Waals surface area contributed by atoms with Crippen molar-refractivity contribution >= 4 is 5.91 Å². The lowest BCUT2D eigenvalue weighted by Crippen LogP contribution is -2.63. The number of hydrogen-bond donors (Lipinski definition) is 0. The SMILES string of the molecule is CCC(=O)N(C)CC(C)(N(C)C(C)C)C(F)(F)F. The van der Waals surface area contributed by atoms with Gasteiger partial charge in [0, 0.05) is 26.1 Å². The van der Waals surface area contributed by atoms with Gasteiger partial charge in [-0.3, -0.25) is 9.69 Å². The van der Waals surface area contributed by atoms with Gasteiger partial charge in [-0.2, -0.15) is 13.2 Å². The van der Waals surface area contributed by atoms with E-state index in [1.807, 2.05) is 0 Å². The Kier molecular flexibility index (Phi) is 5.65. The second kappa shape index (κ2) is 5.91. The quantitative estimate of drug-likeness (QED) is 0.765. The Bertz CT molecular complexity index is 292. The number of nitrogens with zero attached hydrogens (tertiary/aromatic N) is 2. The normalized spacial score (nSPS) is 15.9. The number of halogens is 3. The third kappa shape index (κ3) is 3.60. The predicted molar refractivity (Wildman–Crippen MR) is 65.3 cm³/mol. The maximum absolute atomic E-state index is 13.3. The smallest absolute Gasteiger partial charge is 0.344 e. The van der Waals surface area contributed by atoms with Crippen molar-refractivity contribution in [2.75, 3.05) is 20.6 Å². The summed E-state index contributed by atoms with van der Waals surface area (Å²) in [6, 6.07) is -0.262. The molecule has 0 aromatic heterocycles. The fourth-order valence-corrected chi connectivity index (χ4v) is 1.79. The number of rotatable bonds is 5. The first kappa shape index (κ1) is 17.2. The van der Waals surface area contributed by atoms with E-state index in [4.69, 9.17) is 0 Å². The molecule has 0 aromatic rings. The monoisotopic (exact) mass is 268 g/mol. The molecule has 6 heteroatoms. The minimum atomic E-state index is -4.39. The first-order valence-electron chi connectivity index (χ1n) is 6.01. The van der Waals surface area contributed by atoms with Crippen molar-refractivity contribution in [3.05, 3.63) is 0 Å². The van der Waals surface area contributed by atoms with E-state index in [1.54, 1.807) is 20.8 Å². The zero-order chi connectivity index (χ0) is 14.7. The van der Waals surface area contributed by atoms with E-state index in [9.17, 15) is 18.0 Å². The third-order valence-corrected chi connectivity index (χ3v) is 3.44. The van der Waals surface area contributed by atoms with Gasteiger partial charge in [-0.1, -0.05) is 6.92 Å². The van der Waals surface area contributed by atoms with Crippen LogP contribution in [0.5, 0.6) is 0 Å². The highest BCUT2D eigenvalue weighted by Crippen LogP contribution is 2.36. The molecule has 0 heterocycles. The highest BCUT2D eigenvalue weighted by molar-refractivity contribution is 5.75. The second-order valence-corrected chi connectivity index (χ2v) is 5.08. The Balaban J connectivity index is 5.20. The summed E-state index contributed by atoms with van der Waals surface area (Å²) in [4.78, 5) is 13.9. The molecule has 18 heavy (non-hydrogen) atoms. The van der Waals surface area contributed by atoms with Gasteiger partial charge in [0.05, 0.1) is 0 Å². The lowest BCUT2D eigenvalue weighted by Gasteiger charge is -2.44. The van der Waals surface area contributed by atoms with Crippen molar-refractivity contribution in [3.63, 3.8) is 0 Å². The molecule has 0 aromatic carbocycles. The zero-order valence-corrected chi connectivity index (χ0v) is 11.9. The topological polar surface area (TPSA) is 23.6 Å². The Morgan fingerprint density at radius 2 is 1.67 bits per heavy atom. The highest BCUT2D eigenvalue weighted by atomic mass is 19.4. The van der Waals surface area contributed by atoms with Crippen LogP contribution in [-0.4, -0.2) is 54.1 Å². The predicted octanol–water partition coefficient (Wildman–Crippen LogP) is 2.52. The first-order valence-corrected chi connectivity index (χ1v) is 6.01. The second-order valence-electron chi connectivity index (χ2n) is 5.08. The maximum Gasteiger partial charge on any atom is 0.408 e. The van der Waals surface area contributed by atoms with Gasteiger partial charge in [0.15, 0.2) is 0 Å². The van der Waals surface area contributed by atoms with E-state index in [0.717, 1.165) is 11.8 Å². The summed E-state index contributed by atoms with van der Waals surface area (Å²) in [7, 11) is 2.84. The van der Waals surface area contributed by atoms with Crippen LogP contribution in [0.4, 0.5) is 13.2 Å². The fraction of sp³-hybridized carbons (Fsp3) is 0.917. The van der Waals surface area contributed by atoms with Crippen molar-refractivity contribution in [2.45, 2.75) is 51.9 Å². The Morgan fingerprint density at radius 3 is 1.94 bits per heavy atom. The van der Waals surface area contributed by atoms with Gasteiger partial charge in [-0.05, 0) is 27.8 Å². The van der Waals surface area contributed by atoms with E-state index < -0.39 is 11.7 Å². The lowest BCUT2D eigenvalue weighted by atomic mass is 9.97. The molecule has 0 aliphatic carbocycles. The Labute approximate surface area is 107 Å². The zero-order valence-electron chi connectivity index (χ0n) is 11.9. The minimum absolute atomic E-state index is 0.204. The molecule has 0 aliphatic rings. The molecule has 0 N–H and O–H groups in total. The number of alkyl halides is 3. The number of hydrogen-bond acceptors (Lipinski definition) is 2. The van der Waals surface area contributed by atoms with Crippen LogP contribution in [0, 0.1) is 0 Å². The first-order chi connectivity index (χ1) is 7.97. The van der Waals surface area contributed by atoms with Crippen molar-refractivity contribution < 1.29 is 18.0 Å². The van der Waals surface area contributed by atoms with Crippen molar-refractivity contribution in [1.82, 2.24) is 9.80 Å². The number of amides is 1. The van der Waals surface area contributed by atoms with Gasteiger partial charge < -0.3 is 4.90 Å². The fourth-order valence-electron chi connectivity index (χ4n) is 1.79. The molecule has 0 aliphatic heterocycles. The van der Waals surface area contributed by atoms with Gasteiger partial charge in [-0.25, -0.2) is 0 Å². The van der Waals surface area contributed by atoms with Crippen LogP contribution in [0.3, 0.4) is 0 Å². The standard InChI is InChI=1S/C12H23F3N2O/c1-7-10(18)16(5)8-11(4,12(13,14)15)17(6)9(2)3/h9H,7-8H2,1-6H3. The molecule has 0 radical (unpaired) electrons. The van der Waals surface area contributed by atoms with Crippen molar-refractivity contribution in [3.8, 4) is 0 Å². The van der Waals surface area contributed by atoms with Crippen LogP contribution in [0.2, 0.25) is 0 Å². The van der Waals surface area contributed by atoms with E-state index in [1.165, 1.54) is 19.0 Å². The summed E-state index contributed by atoms with van der Waals surface area (Å²) >= 11 is 0. The molecule has 0 bridgehead atoms. The molecule has 0 saturated heterocycles. The summed E-state index contributed by atoms with van der Waals surface area (Å²) in [5, 5.41) is 0. The van der Waals surface area contributed by atoms with E-state index >= 15 is 0 Å². The van der Waals surface area contributed by atoms with Crippen LogP contribution in [0.15, 0.2) is 0 Å². The summed E-state index contributed by atoms with van der Waals surface area (Å²) in [5.74, 6) is -0.289. The number of likely N-dealkylation sites (N-methyl/N-ethyl adjacent to an activating group) is 2. The molecule has 1 unspecified atom stereocenters. The minimum Gasteiger partial charge on any atom is -0.344 e. The van der Waals surface area contributed by atoms with Gasteiger partial charge in [0.1, 0.15) is 5.54 Å². The maximum atomic E-state index is 13.3. The van der Waals surface area contributed by atoms with Crippen LogP contribution in [0.1, 0.15) is 34.1 Å². The van der Waals surface area contributed by atoms with Crippen LogP contribution < -0.4 is 0 Å². The molecule has 0 saturated carbocycles. The van der Waals surface area contributed by atoms with Gasteiger partial charge in [-0.15, -0.1) is 0 Å². The third-order valence-electron chi connectivity index (χ3n) is 3.44. The molecule has 1 amide bonds. The van der Waals surface area contributed by atoms with Gasteiger partial charge in [0.25, 0.3) is 0 Å². The molecule has 0 rings (SSSR count). The molecular formula is C12H23F3N2O. The van der Waals surface area contributed by atoms with E-state index in [2.05, 4.69) is 0 Å². The summed E-state index contributed by atoms with van der Waals surface area (Å²) in [5.41, 5.74) is -2.04. The largest absolute Gasteiger partial charge is 0.408 e. The highest BCUT2D eigenvalue weighted by Gasteiger charge is 2.55. The average molecular weight is 268 g/mol. The van der Waals surface area contributed by atoms with Gasteiger partial charge in [0.2, 0.25) is 5.91 Å². The van der Waals surface area contributed by atoms with Crippen molar-refractivity contribution in [2.24, 2.45) is 0 Å². The summed E-state index contributed by atoms with van der Waals surface area (Å²) in [6.45, 7) is 5.80. The Hall–Kier alpha value is -0.780. The van der Waals surface area contributed by atoms with E-state index in [0.29, 0.717) is 0 Å². The molecule has 1 atom stereocenters. The number of carbonyl (C=O) groups is 1. The molecule has 3 nitrogen and oxygen atoms in total. The molecule has 0 spiro atoms. The Morgan fingerprint density at radius 1 is 1.22 bits per heavy atom. The average Bonchev–Trinajstić information content (AvgIpc) is 2.24. The van der Waals surface area contributed by atoms with Crippen LogP contribution in [0.25, 0.3) is 0 Å². The van der Waals surface area contributed by atoms with Crippen LogP contribution in [-0.2, 0) is 4.79 Å². The van der Waals surface area contributed by atoms with Gasteiger partial charge >= 0.3 is 6.18 Å². The van der Waals surface area contributed by atoms with Crippen LogP contribution >= 0.6 is 0 Å². The summed E-state index contributed by atoms with van der Waals surface area (Å²) in [6.07, 6.45) is -4.19. The molecular weight excluding hydrogens is 245 g/mol.